The van der Waals surface area contributed by atoms with Gasteiger partial charge in [0.05, 0.1) is 25.9 Å². The summed E-state index contributed by atoms with van der Waals surface area (Å²) in [4.78, 5) is 0. The molecule has 4 atom stereocenters. The van der Waals surface area contributed by atoms with Crippen LogP contribution in [0.4, 0.5) is 96.6 Å². The Labute approximate surface area is 605 Å². The Morgan fingerprint density at radius 2 is 0.752 bits per heavy atom. The highest BCUT2D eigenvalue weighted by Crippen LogP contribution is 2.53. The van der Waals surface area contributed by atoms with Crippen molar-refractivity contribution in [2.24, 2.45) is 0 Å². The lowest BCUT2D eigenvalue weighted by molar-refractivity contribution is -0.537. The van der Waals surface area contributed by atoms with E-state index in [1.165, 1.54) is 91.0 Å². The highest BCUT2D eigenvalue weighted by molar-refractivity contribution is 5.85. The van der Waals surface area contributed by atoms with Gasteiger partial charge in [-0.25, -0.2) is 18.9 Å². The molecule has 40 heteroatoms. The largest absolute Gasteiger partial charge is 0.508 e. The quantitative estimate of drug-likeness (QED) is 0.0118. The van der Waals surface area contributed by atoms with E-state index < -0.39 is 150 Å². The normalized spacial score (nSPS) is 14.7. The number of hydrogen-bond donors (Lipinski definition) is 6. The first kappa shape index (κ1) is 90.7. The lowest BCUT2D eigenvalue weighted by Crippen LogP contribution is -2.62. The lowest BCUT2D eigenvalue weighted by atomic mass is 10.0. The van der Waals surface area contributed by atoms with Gasteiger partial charge < -0.3 is 68.5 Å². The topological polar surface area (TPSA) is 232 Å². The molecule has 6 aromatic carbocycles. The number of aryl methyl sites for hydroxylation is 1. The van der Waals surface area contributed by atoms with Gasteiger partial charge in [-0.1, -0.05) is 67.8 Å². The van der Waals surface area contributed by atoms with Gasteiger partial charge in [0.25, 0.3) is 0 Å². The molecule has 0 bridgehead atoms. The number of benzene rings is 6. The summed E-state index contributed by atoms with van der Waals surface area (Å²) in [6.07, 6.45) is -54.3. The minimum absolute atomic E-state index is 0.0329. The fraction of sp³-hybridized carbons (Fsp3) is 0.536. The number of alkyl halides is 22. The van der Waals surface area contributed by atoms with Crippen molar-refractivity contribution in [3.05, 3.63) is 138 Å². The highest BCUT2D eigenvalue weighted by atomic mass is 19.4. The van der Waals surface area contributed by atoms with Crippen LogP contribution in [-0.4, -0.2) is 182 Å². The average molecular weight is 1610 g/mol. The molecule has 6 rings (SSSR count). The fourth-order valence-electron chi connectivity index (χ4n) is 9.55. The Kier molecular flexibility index (Phi) is 32.3. The third-order valence-corrected chi connectivity index (χ3v) is 15.3. The minimum Gasteiger partial charge on any atom is -0.508 e. The number of phenols is 2. The van der Waals surface area contributed by atoms with Crippen molar-refractivity contribution in [1.29, 1.82) is 0 Å². The molecule has 109 heavy (non-hydrogen) atoms. The third-order valence-electron chi connectivity index (χ3n) is 15.3. The number of phenolic OH excluding ortho intramolecular Hbond substituents is 2. The molecule has 0 aliphatic carbocycles. The zero-order valence-electron chi connectivity index (χ0n) is 56.8. The van der Waals surface area contributed by atoms with Crippen molar-refractivity contribution in [1.82, 2.24) is 0 Å². The number of hydrogen-bond acceptors (Lipinski definition) is 18. The van der Waals surface area contributed by atoms with Crippen LogP contribution >= 0.6 is 0 Å². The van der Waals surface area contributed by atoms with E-state index in [1.54, 1.807) is 18.2 Å². The van der Waals surface area contributed by atoms with Crippen molar-refractivity contribution >= 4 is 21.5 Å². The fourth-order valence-corrected chi connectivity index (χ4v) is 9.55. The summed E-state index contributed by atoms with van der Waals surface area (Å²) in [5.41, 5.74) is 1.22. The molecule has 6 N–H and O–H groups in total. The standard InChI is InChI=1S/C69H74F22O18/c70-59(71,63(78,79)65(82,83)109-69(90,91)67(86,87)106-61(74,75)41-98-28-5-2-4-9-52(94)37-102-54-24-19-50(92)20-25-54)39-99-34-44-13-16-47-32-45(14-17-46(47)31-44)35-104-58(97)11-7-10-57(96)101-29-6-1-3-8-43-12-15-49-33-56(23-18-48(49)30-43)105-40-60(72,73)64(80,81)108-68(88,89)66(84,85)107-62(76,77)42-100-36-53(95)38-103-55-26-21-51(93)22-27-55/h12-27,30-33,52-53,57-58,92-97H,1-11,28-29,34-42H2. The monoisotopic (exact) mass is 1610 g/mol. The SMILES string of the molecule is Oc1ccc(OCC(O)CCCCCOCC(F)(F)OC(F)(F)C(F)(F)OC(F)(F)C(F)(F)C(F)(F)COCc2ccc3cc(COC(O)CCCC(O)OCCCCCc4ccc5cc(OCC(F)(F)C(F)(F)OC(F)(F)C(F)(F)OC(F)(F)COCC(O)COc6ccc(O)cc6)ccc5c4)ccc3c2)cc1. The van der Waals surface area contributed by atoms with Crippen LogP contribution in [0.1, 0.15) is 80.9 Å². The number of ether oxygens (including phenoxy) is 12. The molecule has 0 fully saturated rings. The van der Waals surface area contributed by atoms with E-state index in [0.717, 1.165) is 17.7 Å². The Bertz CT molecular complexity index is 3740. The van der Waals surface area contributed by atoms with Gasteiger partial charge in [0.1, 0.15) is 67.9 Å². The molecule has 0 aromatic heterocycles. The predicted octanol–water partition coefficient (Wildman–Crippen LogP) is 16.2. The first-order chi connectivity index (χ1) is 50.6. The molecule has 0 aliphatic rings. The summed E-state index contributed by atoms with van der Waals surface area (Å²) < 4.78 is 364. The second-order valence-electron chi connectivity index (χ2n) is 24.6. The number of fused-ring (bicyclic) bond motifs is 2. The Balaban J connectivity index is 0.819. The van der Waals surface area contributed by atoms with E-state index in [2.05, 4.69) is 37.9 Å². The Morgan fingerprint density at radius 1 is 0.312 bits per heavy atom. The van der Waals surface area contributed by atoms with Crippen molar-refractivity contribution in [2.75, 3.05) is 59.5 Å². The molecule has 4 unspecified atom stereocenters. The molecule has 0 amide bonds. The molecule has 0 saturated heterocycles. The number of aliphatic hydroxyl groups excluding tert-OH is 4. The molecule has 18 nitrogen and oxygen atoms in total. The van der Waals surface area contributed by atoms with Crippen LogP contribution in [0.5, 0.6) is 28.7 Å². The van der Waals surface area contributed by atoms with Gasteiger partial charge >= 0.3 is 66.6 Å². The van der Waals surface area contributed by atoms with Crippen molar-refractivity contribution in [3.63, 3.8) is 0 Å². The average Bonchev–Trinajstić information content (AvgIpc) is 0.752. The molecule has 0 aliphatic heterocycles. The maximum atomic E-state index is 14.6. The van der Waals surface area contributed by atoms with E-state index in [1.807, 2.05) is 0 Å². The summed E-state index contributed by atoms with van der Waals surface area (Å²) >= 11 is 0. The molecule has 6 aromatic rings. The van der Waals surface area contributed by atoms with Crippen LogP contribution in [0, 0.1) is 0 Å². The van der Waals surface area contributed by atoms with Gasteiger partial charge in [-0.05, 0) is 162 Å². The van der Waals surface area contributed by atoms with Crippen LogP contribution in [-0.2, 0) is 62.3 Å². The van der Waals surface area contributed by atoms with Gasteiger partial charge in [-0.3, -0.25) is 0 Å². The van der Waals surface area contributed by atoms with Crippen LogP contribution in [0.2, 0.25) is 0 Å². The molecular weight excluding hydrogens is 1530 g/mol. The molecular formula is C69H74F22O18. The zero-order chi connectivity index (χ0) is 80.9. The lowest BCUT2D eigenvalue weighted by Gasteiger charge is -2.36. The van der Waals surface area contributed by atoms with E-state index in [9.17, 15) is 127 Å². The molecule has 0 radical (unpaired) electrons. The van der Waals surface area contributed by atoms with E-state index in [4.69, 9.17) is 18.9 Å². The van der Waals surface area contributed by atoms with Gasteiger partial charge in [0.15, 0.2) is 19.2 Å². The smallest absolute Gasteiger partial charge is 0.453 e. The van der Waals surface area contributed by atoms with E-state index in [0.29, 0.717) is 58.5 Å². The highest BCUT2D eigenvalue weighted by Gasteiger charge is 2.79. The van der Waals surface area contributed by atoms with Crippen LogP contribution < -0.4 is 14.2 Å². The van der Waals surface area contributed by atoms with Gasteiger partial charge in [0, 0.05) is 13.2 Å². The molecule has 0 saturated carbocycles. The van der Waals surface area contributed by atoms with Crippen LogP contribution in [0.3, 0.4) is 0 Å². The summed E-state index contributed by atoms with van der Waals surface area (Å²) in [6.45, 7) is -13.2. The molecule has 0 spiro atoms. The second-order valence-corrected chi connectivity index (χ2v) is 24.6. The van der Waals surface area contributed by atoms with Gasteiger partial charge in [-0.15, -0.1) is 0 Å². The number of rotatable bonds is 52. The van der Waals surface area contributed by atoms with E-state index >= 15 is 0 Å². The third kappa shape index (κ3) is 28.2. The summed E-state index contributed by atoms with van der Waals surface area (Å²) in [6, 6.07) is 27.0. The number of aromatic hydroxyl groups is 2. The second kappa shape index (κ2) is 38.8. The minimum atomic E-state index is -7.20. The Hall–Kier alpha value is -7.22. The molecule has 0 heterocycles. The first-order valence-electron chi connectivity index (χ1n) is 32.8. The van der Waals surface area contributed by atoms with Crippen molar-refractivity contribution in [3.8, 4) is 28.7 Å². The summed E-state index contributed by atoms with van der Waals surface area (Å²) in [5.74, 6) is -19.3. The maximum absolute atomic E-state index is 14.6. The van der Waals surface area contributed by atoms with Crippen LogP contribution in [0.15, 0.2) is 121 Å². The zero-order valence-corrected chi connectivity index (χ0v) is 56.8. The van der Waals surface area contributed by atoms with Crippen molar-refractivity contribution in [2.45, 2.75) is 175 Å². The first-order valence-corrected chi connectivity index (χ1v) is 32.8. The summed E-state index contributed by atoms with van der Waals surface area (Å²) in [5, 5.41) is 60.7. The Morgan fingerprint density at radius 3 is 1.31 bits per heavy atom. The van der Waals surface area contributed by atoms with Gasteiger partial charge in [-0.2, -0.15) is 96.6 Å². The van der Waals surface area contributed by atoms with Crippen LogP contribution in [0.25, 0.3) is 21.5 Å². The van der Waals surface area contributed by atoms with Crippen molar-refractivity contribution < 1.29 is 184 Å². The number of halogens is 22. The van der Waals surface area contributed by atoms with Gasteiger partial charge in [0.2, 0.25) is 0 Å². The summed E-state index contributed by atoms with van der Waals surface area (Å²) in [7, 11) is 0. The molecule has 612 valence electrons. The number of aliphatic hydroxyl groups is 4. The van der Waals surface area contributed by atoms with E-state index in [-0.39, 0.29) is 87.6 Å². The number of unbranched alkanes of at least 4 members (excludes halogenated alkanes) is 4. The maximum Gasteiger partial charge on any atom is 0.453 e. The predicted molar refractivity (Wildman–Crippen MR) is 335 cm³/mol.